The van der Waals surface area contributed by atoms with Crippen molar-refractivity contribution in [1.82, 2.24) is 0 Å². The average molecular weight is 351 g/mol. The molecule has 0 aliphatic heterocycles. The molecule has 1 unspecified atom stereocenters. The second kappa shape index (κ2) is 7.69. The molecule has 9 heteroatoms. The molecule has 0 aliphatic carbocycles. The van der Waals surface area contributed by atoms with E-state index in [-0.39, 0.29) is 6.61 Å². The quantitative estimate of drug-likeness (QED) is 0.405. The van der Waals surface area contributed by atoms with Gasteiger partial charge in [0, 0.05) is 0 Å². The maximum absolute atomic E-state index is 12.8. The molecule has 130 valence electrons. The number of esters is 1. The van der Waals surface area contributed by atoms with Gasteiger partial charge in [-0.05, 0) is 30.0 Å². The molecule has 23 heavy (non-hydrogen) atoms. The van der Waals surface area contributed by atoms with Gasteiger partial charge in [-0.2, -0.15) is 8.78 Å². The van der Waals surface area contributed by atoms with Gasteiger partial charge in [-0.25, -0.2) is 13.2 Å². The second-order valence-corrected chi connectivity index (χ2v) is 6.25. The van der Waals surface area contributed by atoms with Crippen molar-refractivity contribution in [1.29, 1.82) is 0 Å². The van der Waals surface area contributed by atoms with Crippen LogP contribution in [-0.2, 0) is 19.6 Å². The maximum Gasteiger partial charge on any atom is 0.428 e. The third kappa shape index (κ3) is 5.14. The van der Waals surface area contributed by atoms with Crippen molar-refractivity contribution in [3.63, 3.8) is 0 Å². The molecule has 6 nitrogen and oxygen atoms in total. The molecule has 0 amide bonds. The van der Waals surface area contributed by atoms with Crippen LogP contribution in [0.15, 0.2) is 24.3 Å². The molecule has 0 N–H and O–H groups in total. The highest BCUT2D eigenvalue weighted by Gasteiger charge is 2.48. The van der Waals surface area contributed by atoms with Gasteiger partial charge in [0.1, 0.15) is 19.0 Å². The number of hydrogen-bond acceptors (Lipinski definition) is 6. The number of benzene rings is 1. The topological polar surface area (TPSA) is 92.7 Å². The van der Waals surface area contributed by atoms with Crippen molar-refractivity contribution in [2.75, 3.05) is 13.2 Å². The fraction of sp³-hybridized carbons (Fsp3) is 0.500. The van der Waals surface area contributed by atoms with E-state index in [1.54, 1.807) is 12.1 Å². The van der Waals surface area contributed by atoms with Gasteiger partial charge in [-0.15, -0.1) is 0 Å². The number of ether oxygens (including phenoxy) is 2. The van der Waals surface area contributed by atoms with Gasteiger partial charge in [0.2, 0.25) is 0 Å². The first kappa shape index (κ1) is 19.3. The zero-order valence-corrected chi connectivity index (χ0v) is 13.4. The van der Waals surface area contributed by atoms with Gasteiger partial charge < -0.3 is 14.0 Å². The number of halogens is 2. The Hall–Kier alpha value is -1.74. The summed E-state index contributed by atoms with van der Waals surface area (Å²) in [4.78, 5) is 10.9. The number of alkyl halides is 2. The first-order valence-corrected chi connectivity index (χ1v) is 8.23. The minimum absolute atomic E-state index is 0.261. The van der Waals surface area contributed by atoms with Crippen LogP contribution in [0.4, 0.5) is 8.78 Å². The number of carbonyl (C=O) groups is 1. The predicted molar refractivity (Wildman–Crippen MR) is 76.2 cm³/mol. The van der Waals surface area contributed by atoms with Crippen LogP contribution in [0.3, 0.4) is 0 Å². The van der Waals surface area contributed by atoms with Crippen LogP contribution >= 0.6 is 0 Å². The van der Waals surface area contributed by atoms with E-state index in [9.17, 15) is 26.5 Å². The fourth-order valence-electron chi connectivity index (χ4n) is 1.61. The molecule has 1 aromatic rings. The lowest BCUT2D eigenvalue weighted by molar-refractivity contribution is -0.162. The van der Waals surface area contributed by atoms with Crippen LogP contribution in [-0.4, -0.2) is 37.4 Å². The Morgan fingerprint density at radius 1 is 1.26 bits per heavy atom. The highest BCUT2D eigenvalue weighted by Crippen LogP contribution is 2.23. The molecular weight excluding hydrogens is 334 g/mol. The van der Waals surface area contributed by atoms with Crippen LogP contribution in [0, 0.1) is 0 Å². The average Bonchev–Trinajstić information content (AvgIpc) is 2.50. The number of hydrogen-bond donors (Lipinski definition) is 0. The van der Waals surface area contributed by atoms with Crippen LogP contribution < -0.4 is 4.74 Å². The normalized spacial score (nSPS) is 13.4. The molecule has 0 bridgehead atoms. The van der Waals surface area contributed by atoms with E-state index in [4.69, 9.17) is 4.74 Å². The van der Waals surface area contributed by atoms with Gasteiger partial charge in [0.05, 0.1) is 0 Å². The first-order chi connectivity index (χ1) is 10.6. The molecule has 0 aromatic heterocycles. The van der Waals surface area contributed by atoms with E-state index in [1.807, 2.05) is 12.1 Å². The van der Waals surface area contributed by atoms with Gasteiger partial charge in [-0.1, -0.05) is 26.0 Å². The number of rotatable bonds is 8. The Labute approximate surface area is 133 Å². The molecule has 0 aliphatic rings. The van der Waals surface area contributed by atoms with Gasteiger partial charge in [0.25, 0.3) is 0 Å². The first-order valence-electron chi connectivity index (χ1n) is 6.82. The number of carbonyl (C=O) groups excluding carboxylic acids is 1. The predicted octanol–water partition coefficient (Wildman–Crippen LogP) is 2.26. The van der Waals surface area contributed by atoms with E-state index < -0.39 is 27.9 Å². The second-order valence-electron chi connectivity index (χ2n) is 4.83. The third-order valence-corrected chi connectivity index (χ3v) is 3.99. The highest BCUT2D eigenvalue weighted by atomic mass is 32.2. The SMILES string of the molecule is CCC(C)c1ccc(OCCOC(=O)C(F)(F)S(=O)(=O)[O-])cc1. The van der Waals surface area contributed by atoms with Crippen molar-refractivity contribution >= 4 is 16.1 Å². The lowest BCUT2D eigenvalue weighted by Gasteiger charge is -2.18. The van der Waals surface area contributed by atoms with Crippen molar-refractivity contribution in [3.05, 3.63) is 29.8 Å². The molecule has 0 radical (unpaired) electrons. The van der Waals surface area contributed by atoms with E-state index in [2.05, 4.69) is 18.6 Å². The Balaban J connectivity index is 2.45. The minimum atomic E-state index is -6.11. The fourth-order valence-corrected chi connectivity index (χ4v) is 1.87. The zero-order valence-electron chi connectivity index (χ0n) is 12.6. The molecule has 0 heterocycles. The van der Waals surface area contributed by atoms with Crippen LogP contribution in [0.2, 0.25) is 0 Å². The van der Waals surface area contributed by atoms with E-state index in [1.165, 1.54) is 0 Å². The molecule has 1 rings (SSSR count). The van der Waals surface area contributed by atoms with E-state index >= 15 is 0 Å². The van der Waals surface area contributed by atoms with Crippen molar-refractivity contribution in [2.45, 2.75) is 31.4 Å². The summed E-state index contributed by atoms with van der Waals surface area (Å²) in [6.07, 6.45) is 0.979. The Morgan fingerprint density at radius 3 is 2.30 bits per heavy atom. The van der Waals surface area contributed by atoms with Gasteiger partial charge >= 0.3 is 11.2 Å². The van der Waals surface area contributed by atoms with Crippen LogP contribution in [0.5, 0.6) is 5.75 Å². The summed E-state index contributed by atoms with van der Waals surface area (Å²) < 4.78 is 65.5. The van der Waals surface area contributed by atoms with Crippen molar-refractivity contribution in [2.24, 2.45) is 0 Å². The third-order valence-electron chi connectivity index (χ3n) is 3.20. The van der Waals surface area contributed by atoms with Crippen molar-refractivity contribution < 1.29 is 36.0 Å². The summed E-state index contributed by atoms with van der Waals surface area (Å²) >= 11 is 0. The summed E-state index contributed by atoms with van der Waals surface area (Å²) in [5.74, 6) is -1.58. The molecule has 0 fully saturated rings. The summed E-state index contributed by atoms with van der Waals surface area (Å²) in [5, 5.41) is -5.11. The lowest BCUT2D eigenvalue weighted by Crippen LogP contribution is -2.39. The standard InChI is InChI=1S/C14H18F2O6S/c1-3-10(2)11-4-6-12(7-5-11)21-8-9-22-13(17)14(15,16)23(18,19)20/h4-7,10H,3,8-9H2,1-2H3,(H,18,19,20)/p-1. The van der Waals surface area contributed by atoms with Crippen molar-refractivity contribution in [3.8, 4) is 5.75 Å². The molecule has 0 spiro atoms. The van der Waals surface area contributed by atoms with E-state index in [0.29, 0.717) is 11.7 Å². The minimum Gasteiger partial charge on any atom is -0.743 e. The van der Waals surface area contributed by atoms with Crippen LogP contribution in [0.1, 0.15) is 31.7 Å². The highest BCUT2D eigenvalue weighted by molar-refractivity contribution is 7.87. The molecule has 0 saturated heterocycles. The Kier molecular flexibility index (Phi) is 6.46. The Morgan fingerprint density at radius 2 is 1.83 bits per heavy atom. The molecule has 1 atom stereocenters. The van der Waals surface area contributed by atoms with E-state index in [0.717, 1.165) is 12.0 Å². The summed E-state index contributed by atoms with van der Waals surface area (Å²) in [5.41, 5.74) is 1.12. The zero-order chi connectivity index (χ0) is 17.7. The largest absolute Gasteiger partial charge is 0.743 e. The molecule has 1 aromatic carbocycles. The van der Waals surface area contributed by atoms with Gasteiger partial charge in [0.15, 0.2) is 10.1 Å². The summed E-state index contributed by atoms with van der Waals surface area (Å²) in [7, 11) is -6.11. The molecular formula is C14H17F2O6S-. The van der Waals surface area contributed by atoms with Gasteiger partial charge in [-0.3, -0.25) is 0 Å². The summed E-state index contributed by atoms with van der Waals surface area (Å²) in [6, 6.07) is 7.07. The monoisotopic (exact) mass is 351 g/mol. The van der Waals surface area contributed by atoms with Crippen LogP contribution in [0.25, 0.3) is 0 Å². The maximum atomic E-state index is 12.8. The summed E-state index contributed by atoms with van der Waals surface area (Å²) in [6.45, 7) is 3.25. The smallest absolute Gasteiger partial charge is 0.428 e. The molecule has 0 saturated carbocycles. The lowest BCUT2D eigenvalue weighted by atomic mass is 9.99. The Bertz CT molecular complexity index is 627.